The van der Waals surface area contributed by atoms with E-state index in [0.29, 0.717) is 24.8 Å². The Balaban J connectivity index is 1.58. The molecule has 1 fully saturated rings. The number of amides is 1. The Morgan fingerprint density at radius 1 is 1.38 bits per heavy atom. The van der Waals surface area contributed by atoms with E-state index in [4.69, 9.17) is 9.84 Å². The maximum atomic E-state index is 12.5. The third-order valence-electron chi connectivity index (χ3n) is 4.73. The van der Waals surface area contributed by atoms with Crippen LogP contribution in [0.3, 0.4) is 0 Å². The molecule has 1 aromatic carbocycles. The van der Waals surface area contributed by atoms with Crippen molar-refractivity contribution in [2.75, 3.05) is 0 Å². The predicted molar refractivity (Wildman–Crippen MR) is 102 cm³/mol. The van der Waals surface area contributed by atoms with Crippen LogP contribution in [0, 0.1) is 5.92 Å². The molecule has 3 rings (SSSR count). The maximum absolute atomic E-state index is 12.5. The molecule has 2 aromatic rings. The predicted octanol–water partition coefficient (Wildman–Crippen LogP) is 3.75. The van der Waals surface area contributed by atoms with Gasteiger partial charge in [0, 0.05) is 23.9 Å². The second-order valence-corrected chi connectivity index (χ2v) is 7.76. The third kappa shape index (κ3) is 4.83. The Morgan fingerprint density at radius 3 is 2.69 bits per heavy atom. The van der Waals surface area contributed by atoms with Crippen LogP contribution >= 0.6 is 11.3 Å². The van der Waals surface area contributed by atoms with E-state index < -0.39 is 0 Å². The minimum Gasteiger partial charge on any atom is -0.486 e. The number of aliphatic hydroxyl groups excluding tert-OH is 1. The lowest BCUT2D eigenvalue weighted by molar-refractivity contribution is -0.135. The number of nitrogens with zero attached hydrogens (tertiary/aromatic N) is 2. The monoisotopic (exact) mass is 374 g/mol. The Kier molecular flexibility index (Phi) is 6.27. The zero-order valence-electron chi connectivity index (χ0n) is 15.4. The Morgan fingerprint density at radius 2 is 2.12 bits per heavy atom. The van der Waals surface area contributed by atoms with Crippen LogP contribution in [-0.2, 0) is 24.6 Å². The summed E-state index contributed by atoms with van der Waals surface area (Å²) >= 11 is 1.48. The zero-order valence-corrected chi connectivity index (χ0v) is 16.2. The fourth-order valence-electron chi connectivity index (χ4n) is 2.76. The van der Waals surface area contributed by atoms with Gasteiger partial charge in [-0.2, -0.15) is 0 Å². The van der Waals surface area contributed by atoms with Crippen LogP contribution in [0.2, 0.25) is 0 Å². The minimum absolute atomic E-state index is 0.0442. The molecule has 0 spiro atoms. The number of thiazole rings is 1. The van der Waals surface area contributed by atoms with E-state index >= 15 is 0 Å². The Hall–Kier alpha value is -1.92. The van der Waals surface area contributed by atoms with Gasteiger partial charge in [0.1, 0.15) is 17.4 Å². The molecule has 1 unspecified atom stereocenters. The number of aliphatic hydroxyl groups is 1. The molecule has 0 bridgehead atoms. The number of ether oxygens (including phenoxy) is 1. The van der Waals surface area contributed by atoms with Crippen LogP contribution in [0.1, 0.15) is 49.4 Å². The van der Waals surface area contributed by atoms with Crippen molar-refractivity contribution in [3.8, 4) is 5.75 Å². The fourth-order valence-corrected chi connectivity index (χ4v) is 3.45. The molecule has 1 aliphatic rings. The number of hydrogen-bond acceptors (Lipinski definition) is 5. The summed E-state index contributed by atoms with van der Waals surface area (Å²) in [6.07, 6.45) is 3.03. The van der Waals surface area contributed by atoms with E-state index in [-0.39, 0.29) is 18.6 Å². The molecular weight excluding hydrogens is 348 g/mol. The van der Waals surface area contributed by atoms with Crippen molar-refractivity contribution in [2.45, 2.75) is 58.9 Å². The van der Waals surface area contributed by atoms with E-state index in [0.717, 1.165) is 35.6 Å². The largest absolute Gasteiger partial charge is 0.486 e. The molecule has 1 saturated carbocycles. The van der Waals surface area contributed by atoms with Gasteiger partial charge in [0.15, 0.2) is 0 Å². The molecular formula is C20H26N2O3S. The van der Waals surface area contributed by atoms with Crippen molar-refractivity contribution >= 4 is 17.2 Å². The van der Waals surface area contributed by atoms with Crippen molar-refractivity contribution in [3.05, 3.63) is 45.9 Å². The second kappa shape index (κ2) is 8.64. The van der Waals surface area contributed by atoms with Crippen molar-refractivity contribution in [1.82, 2.24) is 9.88 Å². The number of rotatable bonds is 9. The highest BCUT2D eigenvalue weighted by Crippen LogP contribution is 2.32. The standard InChI is InChI=1S/C20H26N2O3S/c1-3-14(2)22(20(24)16-6-7-16)10-15-4-8-18(9-5-15)25-12-19-21-17(11-23)13-26-19/h4-5,8-9,13-14,16,23H,3,6-7,10-12H2,1-2H3. The van der Waals surface area contributed by atoms with Crippen molar-refractivity contribution in [1.29, 1.82) is 0 Å². The van der Waals surface area contributed by atoms with Gasteiger partial charge < -0.3 is 14.7 Å². The van der Waals surface area contributed by atoms with Crippen LogP contribution in [0.15, 0.2) is 29.6 Å². The molecule has 5 nitrogen and oxygen atoms in total. The Bertz CT molecular complexity index is 725. The molecule has 6 heteroatoms. The maximum Gasteiger partial charge on any atom is 0.226 e. The van der Waals surface area contributed by atoms with Crippen LogP contribution in [0.25, 0.3) is 0 Å². The van der Waals surface area contributed by atoms with Crippen LogP contribution in [0.5, 0.6) is 5.75 Å². The highest BCUT2D eigenvalue weighted by Gasteiger charge is 2.34. The molecule has 1 heterocycles. The lowest BCUT2D eigenvalue weighted by atomic mass is 10.1. The normalized spacial score (nSPS) is 14.9. The molecule has 0 saturated heterocycles. The summed E-state index contributed by atoms with van der Waals surface area (Å²) in [4.78, 5) is 18.8. The van der Waals surface area contributed by atoms with Gasteiger partial charge in [-0.1, -0.05) is 19.1 Å². The van der Waals surface area contributed by atoms with E-state index in [9.17, 15) is 4.79 Å². The average molecular weight is 375 g/mol. The molecule has 1 aliphatic carbocycles. The lowest BCUT2D eigenvalue weighted by Crippen LogP contribution is -2.38. The van der Waals surface area contributed by atoms with Gasteiger partial charge in [0.2, 0.25) is 5.91 Å². The van der Waals surface area contributed by atoms with Crippen molar-refractivity contribution < 1.29 is 14.6 Å². The van der Waals surface area contributed by atoms with Gasteiger partial charge in [0.05, 0.1) is 12.3 Å². The quantitative estimate of drug-likeness (QED) is 0.726. The molecule has 1 aromatic heterocycles. The van der Waals surface area contributed by atoms with Gasteiger partial charge in [-0.3, -0.25) is 4.79 Å². The molecule has 0 radical (unpaired) electrons. The molecule has 1 amide bonds. The van der Waals surface area contributed by atoms with Crippen molar-refractivity contribution in [2.24, 2.45) is 5.92 Å². The van der Waals surface area contributed by atoms with Gasteiger partial charge >= 0.3 is 0 Å². The smallest absolute Gasteiger partial charge is 0.226 e. The zero-order chi connectivity index (χ0) is 18.5. The third-order valence-corrected chi connectivity index (χ3v) is 5.60. The first-order chi connectivity index (χ1) is 12.6. The molecule has 0 aliphatic heterocycles. The summed E-state index contributed by atoms with van der Waals surface area (Å²) in [5.41, 5.74) is 1.79. The van der Waals surface area contributed by atoms with Gasteiger partial charge in [-0.15, -0.1) is 11.3 Å². The first-order valence-corrected chi connectivity index (χ1v) is 10.0. The summed E-state index contributed by atoms with van der Waals surface area (Å²) in [7, 11) is 0. The number of carbonyl (C=O) groups excluding carboxylic acids is 1. The molecule has 140 valence electrons. The first kappa shape index (κ1) is 18.9. The van der Waals surface area contributed by atoms with Crippen LogP contribution < -0.4 is 4.74 Å². The van der Waals surface area contributed by atoms with Crippen molar-refractivity contribution in [3.63, 3.8) is 0 Å². The first-order valence-electron chi connectivity index (χ1n) is 9.17. The highest BCUT2D eigenvalue weighted by atomic mass is 32.1. The number of benzene rings is 1. The lowest BCUT2D eigenvalue weighted by Gasteiger charge is -2.29. The van der Waals surface area contributed by atoms with E-state index in [2.05, 4.69) is 18.8 Å². The summed E-state index contributed by atoms with van der Waals surface area (Å²) in [6.45, 7) is 5.24. The van der Waals surface area contributed by atoms with Gasteiger partial charge in [0.25, 0.3) is 0 Å². The average Bonchev–Trinajstić information content (AvgIpc) is 3.42. The summed E-state index contributed by atoms with van der Waals surface area (Å²) in [5, 5.41) is 11.7. The van der Waals surface area contributed by atoms with Gasteiger partial charge in [-0.05, 0) is 43.9 Å². The summed E-state index contributed by atoms with van der Waals surface area (Å²) in [5.74, 6) is 1.31. The van der Waals surface area contributed by atoms with Crippen LogP contribution in [0.4, 0.5) is 0 Å². The summed E-state index contributed by atoms with van der Waals surface area (Å²) in [6, 6.07) is 8.17. The molecule has 26 heavy (non-hydrogen) atoms. The van der Waals surface area contributed by atoms with Crippen LogP contribution in [-0.4, -0.2) is 26.9 Å². The molecule has 1 atom stereocenters. The minimum atomic E-state index is -0.0442. The number of hydrogen-bond donors (Lipinski definition) is 1. The Labute approximate surface area is 158 Å². The van der Waals surface area contributed by atoms with E-state index in [1.165, 1.54) is 11.3 Å². The molecule has 1 N–H and O–H groups in total. The second-order valence-electron chi connectivity index (χ2n) is 6.82. The van der Waals surface area contributed by atoms with E-state index in [1.807, 2.05) is 34.5 Å². The topological polar surface area (TPSA) is 62.7 Å². The SMILES string of the molecule is CCC(C)N(Cc1ccc(OCc2nc(CO)cs2)cc1)C(=O)C1CC1. The number of aromatic nitrogens is 1. The van der Waals surface area contributed by atoms with Gasteiger partial charge in [-0.25, -0.2) is 4.98 Å². The summed E-state index contributed by atoms with van der Waals surface area (Å²) < 4.78 is 5.76. The van der Waals surface area contributed by atoms with E-state index in [1.54, 1.807) is 0 Å². The number of carbonyl (C=O) groups is 1. The fraction of sp³-hybridized carbons (Fsp3) is 0.500. The highest BCUT2D eigenvalue weighted by molar-refractivity contribution is 7.09.